The van der Waals surface area contributed by atoms with Crippen LogP contribution in [0.15, 0.2) is 67.0 Å². The van der Waals surface area contributed by atoms with Gasteiger partial charge in [0.25, 0.3) is 0 Å². The minimum absolute atomic E-state index is 0.0632. The SMILES string of the molecule is COC(=O)NC(C(=O)N1CCC[C@H]1c1nc2cc(F)c([C@H]3CC[C@H](c4cc5[nH]cnc5cc4F)N3c3cc(F)c(N4CCN(c5ccc(C(F)(F)F)cc5)CC4)c(F)c3)cc2[nH]1)C1CCOCC1. The Morgan fingerprint density at radius 3 is 2.03 bits per heavy atom. The van der Waals surface area contributed by atoms with E-state index in [0.717, 1.165) is 12.1 Å². The summed E-state index contributed by atoms with van der Waals surface area (Å²) in [5.74, 6) is -3.02. The summed E-state index contributed by atoms with van der Waals surface area (Å²) in [6.07, 6.45) is -0.826. The number of piperazine rings is 1. The summed E-state index contributed by atoms with van der Waals surface area (Å²) in [5.41, 5.74) is 1.66. The number of anilines is 3. The van der Waals surface area contributed by atoms with Crippen molar-refractivity contribution in [2.45, 2.75) is 68.9 Å². The average molecular weight is 948 g/mol. The predicted molar refractivity (Wildman–Crippen MR) is 238 cm³/mol. The molecule has 4 atom stereocenters. The molecule has 10 rings (SSSR count). The zero-order valence-electron chi connectivity index (χ0n) is 36.9. The highest BCUT2D eigenvalue weighted by Crippen LogP contribution is 2.50. The van der Waals surface area contributed by atoms with E-state index in [1.54, 1.807) is 26.8 Å². The van der Waals surface area contributed by atoms with E-state index >= 15 is 17.6 Å². The fraction of sp³-hybridized carbons (Fsp3) is 0.417. The number of halogens is 7. The normalized spacial score (nSPS) is 21.0. The van der Waals surface area contributed by atoms with Gasteiger partial charge in [0.05, 0.1) is 59.2 Å². The molecule has 4 fully saturated rings. The number of methoxy groups -OCH3 is 1. The van der Waals surface area contributed by atoms with Crippen molar-refractivity contribution in [1.82, 2.24) is 30.2 Å². The average Bonchev–Trinajstić information content (AvgIpc) is 4.17. The first-order chi connectivity index (χ1) is 32.7. The molecule has 4 saturated heterocycles. The van der Waals surface area contributed by atoms with Crippen LogP contribution < -0.4 is 20.0 Å². The Labute approximate surface area is 385 Å². The number of H-pyrrole nitrogens is 2. The molecule has 3 N–H and O–H groups in total. The molecule has 0 saturated carbocycles. The van der Waals surface area contributed by atoms with Crippen molar-refractivity contribution >= 4 is 51.1 Å². The van der Waals surface area contributed by atoms with Crippen molar-refractivity contribution in [3.63, 3.8) is 0 Å². The van der Waals surface area contributed by atoms with E-state index in [4.69, 9.17) is 14.5 Å². The highest BCUT2D eigenvalue weighted by Gasteiger charge is 2.42. The van der Waals surface area contributed by atoms with Gasteiger partial charge < -0.3 is 44.4 Å². The third-order valence-electron chi connectivity index (χ3n) is 14.0. The molecule has 68 heavy (non-hydrogen) atoms. The fourth-order valence-electron chi connectivity index (χ4n) is 10.7. The minimum Gasteiger partial charge on any atom is -0.453 e. The summed E-state index contributed by atoms with van der Waals surface area (Å²) in [4.78, 5) is 48.6. The molecule has 20 heteroatoms. The van der Waals surface area contributed by atoms with E-state index in [0.29, 0.717) is 79.0 Å². The molecule has 0 radical (unpaired) electrons. The van der Waals surface area contributed by atoms with Crippen LogP contribution in [0.25, 0.3) is 22.1 Å². The molecular weight excluding hydrogens is 900 g/mol. The van der Waals surface area contributed by atoms with E-state index in [1.807, 2.05) is 4.90 Å². The van der Waals surface area contributed by atoms with E-state index in [-0.39, 0.29) is 73.3 Å². The maximum absolute atomic E-state index is 16.7. The molecule has 0 aliphatic carbocycles. The maximum Gasteiger partial charge on any atom is 0.416 e. The van der Waals surface area contributed by atoms with Crippen LogP contribution in [-0.2, 0) is 20.4 Å². The number of benzene rings is 4. The summed E-state index contributed by atoms with van der Waals surface area (Å²) < 4.78 is 116. The molecular formula is C48H48F7N9O4. The minimum atomic E-state index is -4.48. The Morgan fingerprint density at radius 2 is 1.38 bits per heavy atom. The van der Waals surface area contributed by atoms with E-state index < -0.39 is 65.3 Å². The zero-order valence-corrected chi connectivity index (χ0v) is 36.9. The topological polar surface area (TPSA) is 135 Å². The van der Waals surface area contributed by atoms with Crippen molar-refractivity contribution < 1.29 is 49.8 Å². The van der Waals surface area contributed by atoms with Crippen molar-refractivity contribution in [3.8, 4) is 0 Å². The molecule has 4 aromatic carbocycles. The number of carbonyl (C=O) groups is 2. The van der Waals surface area contributed by atoms with E-state index in [2.05, 4.69) is 20.3 Å². The largest absolute Gasteiger partial charge is 0.453 e. The van der Waals surface area contributed by atoms with Gasteiger partial charge in [0, 0.05) is 80.6 Å². The number of ether oxygens (including phenoxy) is 2. The Balaban J connectivity index is 0.953. The Kier molecular flexibility index (Phi) is 12.1. The lowest BCUT2D eigenvalue weighted by atomic mass is 9.90. The van der Waals surface area contributed by atoms with Crippen LogP contribution in [0.3, 0.4) is 0 Å². The zero-order chi connectivity index (χ0) is 47.4. The molecule has 4 aliphatic heterocycles. The van der Waals surface area contributed by atoms with Gasteiger partial charge in [-0.15, -0.1) is 0 Å². The van der Waals surface area contributed by atoms with Crippen molar-refractivity contribution in [1.29, 1.82) is 0 Å². The van der Waals surface area contributed by atoms with Crippen molar-refractivity contribution in [2.75, 3.05) is 67.7 Å². The van der Waals surface area contributed by atoms with Gasteiger partial charge in [-0.05, 0) is 93.0 Å². The summed E-state index contributed by atoms with van der Waals surface area (Å²) in [5, 5.41) is 2.74. The highest BCUT2D eigenvalue weighted by molar-refractivity contribution is 5.87. The molecule has 0 spiro atoms. The lowest BCUT2D eigenvalue weighted by Gasteiger charge is -2.38. The van der Waals surface area contributed by atoms with Crippen molar-refractivity contribution in [3.05, 3.63) is 113 Å². The third kappa shape index (κ3) is 8.51. The Bertz CT molecular complexity index is 2820. The molecule has 6 aromatic rings. The summed E-state index contributed by atoms with van der Waals surface area (Å²) in [6, 6.07) is 9.91. The maximum atomic E-state index is 16.7. The fourth-order valence-corrected chi connectivity index (χ4v) is 10.7. The highest BCUT2D eigenvalue weighted by atomic mass is 19.4. The summed E-state index contributed by atoms with van der Waals surface area (Å²) >= 11 is 0. The lowest BCUT2D eigenvalue weighted by Crippen LogP contribution is -2.53. The van der Waals surface area contributed by atoms with Crippen molar-refractivity contribution in [2.24, 2.45) is 5.92 Å². The van der Waals surface area contributed by atoms with Crippen LogP contribution in [0.2, 0.25) is 0 Å². The number of alkyl halides is 3. The number of amides is 2. The second-order valence-electron chi connectivity index (χ2n) is 17.9. The number of nitrogens with one attached hydrogen (secondary N) is 3. The van der Waals surface area contributed by atoms with Crippen LogP contribution in [0.5, 0.6) is 0 Å². The number of imidazole rings is 2. The van der Waals surface area contributed by atoms with Crippen LogP contribution in [0, 0.1) is 29.2 Å². The number of nitrogens with zero attached hydrogens (tertiary/aromatic N) is 6. The Morgan fingerprint density at radius 1 is 0.750 bits per heavy atom. The second kappa shape index (κ2) is 18.2. The molecule has 1 unspecified atom stereocenters. The van der Waals surface area contributed by atoms with Gasteiger partial charge in [-0.3, -0.25) is 4.79 Å². The van der Waals surface area contributed by atoms with E-state index in [1.165, 1.54) is 49.8 Å². The van der Waals surface area contributed by atoms with Gasteiger partial charge in [-0.1, -0.05) is 0 Å². The number of hydrogen-bond donors (Lipinski definition) is 3. The lowest BCUT2D eigenvalue weighted by molar-refractivity contribution is -0.138. The number of alkyl carbamates (subject to hydrolysis) is 1. The van der Waals surface area contributed by atoms with Crippen LogP contribution in [0.1, 0.15) is 79.2 Å². The number of aromatic amines is 2. The number of aromatic nitrogens is 4. The Hall–Kier alpha value is -6.57. The van der Waals surface area contributed by atoms with Gasteiger partial charge in [0.2, 0.25) is 5.91 Å². The van der Waals surface area contributed by atoms with Crippen LogP contribution in [0.4, 0.5) is 52.6 Å². The van der Waals surface area contributed by atoms with Gasteiger partial charge >= 0.3 is 12.3 Å². The van der Waals surface area contributed by atoms with E-state index in [9.17, 15) is 22.8 Å². The summed E-state index contributed by atoms with van der Waals surface area (Å²) in [7, 11) is 1.24. The monoisotopic (exact) mass is 947 g/mol. The molecule has 6 heterocycles. The number of likely N-dealkylation sites (tertiary alicyclic amines) is 1. The second-order valence-corrected chi connectivity index (χ2v) is 17.9. The standard InChI is InChI=1S/C48H48F7N9O4/c1-67-47(66)60-43(26-10-17-68-18-11-26)46(65)63-12-2-3-42(63)45-58-38-22-31(33(50)24-39(38)59-45)41-9-8-40(30-21-36-37(23-32(30)49)57-25-56-36)64(41)29-19-34(51)44(35(52)20-29)62-15-13-61(14-16-62)28-6-4-27(5-7-28)48(53,54)55/h4-7,19-26,40-43H,2-3,8-18H2,1H3,(H,56,57)(H,58,59)(H,60,66)/t40-,41-,42+,43?/m1/s1. The first-order valence-electron chi connectivity index (χ1n) is 22.7. The number of fused-ring (bicyclic) bond motifs is 2. The molecule has 2 aromatic heterocycles. The van der Waals surface area contributed by atoms with Gasteiger partial charge in [0.15, 0.2) is 11.6 Å². The molecule has 0 bridgehead atoms. The van der Waals surface area contributed by atoms with Gasteiger partial charge in [-0.2, -0.15) is 13.2 Å². The number of carbonyl (C=O) groups excluding carboxylic acids is 2. The quantitative estimate of drug-likeness (QED) is 0.121. The number of hydrogen-bond acceptors (Lipinski definition) is 9. The van der Waals surface area contributed by atoms with Gasteiger partial charge in [-0.25, -0.2) is 32.3 Å². The third-order valence-corrected chi connectivity index (χ3v) is 14.0. The smallest absolute Gasteiger partial charge is 0.416 e. The predicted octanol–water partition coefficient (Wildman–Crippen LogP) is 9.24. The van der Waals surface area contributed by atoms with Crippen LogP contribution >= 0.6 is 0 Å². The molecule has 13 nitrogen and oxygen atoms in total. The van der Waals surface area contributed by atoms with Gasteiger partial charge in [0.1, 0.15) is 29.2 Å². The first-order valence-corrected chi connectivity index (χ1v) is 22.7. The molecule has 358 valence electrons. The number of rotatable bonds is 9. The van der Waals surface area contributed by atoms with Crippen LogP contribution in [-0.4, -0.2) is 95.9 Å². The molecule has 4 aliphatic rings. The first kappa shape index (κ1) is 45.2. The summed E-state index contributed by atoms with van der Waals surface area (Å²) in [6.45, 7) is 2.23. The molecule has 2 amide bonds.